The first kappa shape index (κ1) is 24.2. The van der Waals surface area contributed by atoms with Gasteiger partial charge >= 0.3 is 0 Å². The van der Waals surface area contributed by atoms with E-state index in [0.717, 1.165) is 54.3 Å². The number of nitrogens with zero attached hydrogens (tertiary/aromatic N) is 2. The molecule has 2 aliphatic heterocycles. The minimum atomic E-state index is 0. The van der Waals surface area contributed by atoms with Gasteiger partial charge in [0.1, 0.15) is 19.1 Å². The normalized spacial score (nSPS) is 16.5. The Hall–Kier alpha value is -3.48. The van der Waals surface area contributed by atoms with Gasteiger partial charge in [0.15, 0.2) is 11.5 Å². The summed E-state index contributed by atoms with van der Waals surface area (Å²) in [6.07, 6.45) is 1.87. The maximum absolute atomic E-state index is 10.1. The fraction of sp³-hybridized carbons (Fsp3) is 0.333. The fourth-order valence-corrected chi connectivity index (χ4v) is 5.82. The largest absolute Gasteiger partial charge is 0.496 e. The van der Waals surface area contributed by atoms with E-state index in [-0.39, 0.29) is 20.2 Å². The van der Waals surface area contributed by atoms with Crippen LogP contribution in [-0.4, -0.2) is 35.3 Å². The first-order valence-corrected chi connectivity index (χ1v) is 12.1. The number of hydrogen-bond acceptors (Lipinski definition) is 5. The van der Waals surface area contributed by atoms with Gasteiger partial charge in [-0.05, 0) is 53.8 Å². The van der Waals surface area contributed by atoms with Crippen LogP contribution < -0.4 is 14.2 Å². The average molecular weight is 487 g/mol. The molecular formula is C30H34N2O4. The summed E-state index contributed by atoms with van der Waals surface area (Å²) in [6.45, 7) is 2.22. The maximum atomic E-state index is 10.1. The molecule has 1 unspecified atom stereocenters. The number of benzene rings is 3. The van der Waals surface area contributed by atoms with Gasteiger partial charge in [-0.1, -0.05) is 43.8 Å². The van der Waals surface area contributed by atoms with Crippen molar-refractivity contribution >= 4 is 10.9 Å². The van der Waals surface area contributed by atoms with E-state index >= 15 is 0 Å². The summed E-state index contributed by atoms with van der Waals surface area (Å²) in [5.74, 6) is 2.33. The number of aliphatic hydroxyl groups excluding tert-OH is 1. The molecule has 0 fully saturated rings. The van der Waals surface area contributed by atoms with E-state index in [9.17, 15) is 5.11 Å². The van der Waals surface area contributed by atoms with Crippen molar-refractivity contribution in [1.82, 2.24) is 9.47 Å². The van der Waals surface area contributed by atoms with Crippen LogP contribution in [-0.2, 0) is 32.7 Å². The highest BCUT2D eigenvalue weighted by Gasteiger charge is 2.35. The van der Waals surface area contributed by atoms with E-state index in [1.165, 1.54) is 27.8 Å². The van der Waals surface area contributed by atoms with Crippen molar-refractivity contribution in [1.29, 1.82) is 0 Å². The second-order valence-corrected chi connectivity index (χ2v) is 9.25. The number of para-hydroxylation sites is 2. The van der Waals surface area contributed by atoms with Crippen molar-refractivity contribution in [3.05, 3.63) is 88.6 Å². The number of ether oxygens (including phenoxy) is 3. The minimum Gasteiger partial charge on any atom is -0.496 e. The topological polar surface area (TPSA) is 56.1 Å². The van der Waals surface area contributed by atoms with Gasteiger partial charge in [-0.15, -0.1) is 0 Å². The third-order valence-electron chi connectivity index (χ3n) is 7.56. The van der Waals surface area contributed by atoms with Crippen molar-refractivity contribution < 1.29 is 19.3 Å². The Kier molecular flexibility index (Phi) is 6.65. The molecule has 0 aliphatic carbocycles. The van der Waals surface area contributed by atoms with Crippen LogP contribution in [0.1, 0.15) is 41.4 Å². The van der Waals surface area contributed by atoms with Gasteiger partial charge < -0.3 is 23.9 Å². The molecule has 2 aliphatic rings. The zero-order chi connectivity index (χ0) is 23.9. The first-order valence-electron chi connectivity index (χ1n) is 12.1. The van der Waals surface area contributed by atoms with E-state index < -0.39 is 0 Å². The molecule has 3 aromatic carbocycles. The molecule has 0 saturated heterocycles. The van der Waals surface area contributed by atoms with Crippen LogP contribution in [0.2, 0.25) is 0 Å². The Morgan fingerprint density at radius 3 is 2.53 bits per heavy atom. The molecule has 0 bridgehead atoms. The summed E-state index contributed by atoms with van der Waals surface area (Å²) in [4.78, 5) is 2.53. The molecule has 4 aromatic rings. The highest BCUT2D eigenvalue weighted by molar-refractivity contribution is 5.86. The van der Waals surface area contributed by atoms with Crippen LogP contribution >= 0.6 is 0 Å². The van der Waals surface area contributed by atoms with E-state index in [0.29, 0.717) is 6.61 Å². The Balaban J connectivity index is 0.00000267. The summed E-state index contributed by atoms with van der Waals surface area (Å²) < 4.78 is 19.6. The third-order valence-corrected chi connectivity index (χ3v) is 7.56. The van der Waals surface area contributed by atoms with Gasteiger partial charge in [0.05, 0.1) is 19.7 Å². The number of fused-ring (bicyclic) bond motifs is 6. The Morgan fingerprint density at radius 2 is 1.72 bits per heavy atom. The lowest BCUT2D eigenvalue weighted by molar-refractivity contribution is 0.145. The Bertz CT molecular complexity index is 1390. The quantitative estimate of drug-likeness (QED) is 0.391. The smallest absolute Gasteiger partial charge is 0.162 e. The number of aliphatic hydroxyl groups is 1. The summed E-state index contributed by atoms with van der Waals surface area (Å²) in [5, 5.41) is 11.4. The van der Waals surface area contributed by atoms with Crippen LogP contribution in [0.4, 0.5) is 0 Å². The summed E-state index contributed by atoms with van der Waals surface area (Å²) in [6, 6.07) is 20.9. The molecular weight excluding hydrogens is 452 g/mol. The van der Waals surface area contributed by atoms with Gasteiger partial charge in [0.2, 0.25) is 0 Å². The van der Waals surface area contributed by atoms with E-state index in [4.69, 9.17) is 14.2 Å². The standard InChI is InChI=1S/C29H30N2O4.CH4/c1-33-27-10-6-3-7-20(27)17-35-29-15-22-19(13-28(29)34-2)11-12-30-16-26-23(14-25(22)30)21-8-4-5-9-24(21)31(26)18-32;/h3-10,13,15,25,32H,11-12,14,16-18H2,1-2H3;1H4. The van der Waals surface area contributed by atoms with Gasteiger partial charge in [-0.2, -0.15) is 0 Å². The molecule has 0 saturated carbocycles. The predicted molar refractivity (Wildman–Crippen MR) is 142 cm³/mol. The van der Waals surface area contributed by atoms with Crippen molar-refractivity contribution in [3.63, 3.8) is 0 Å². The minimum absolute atomic E-state index is 0. The summed E-state index contributed by atoms with van der Waals surface area (Å²) in [7, 11) is 3.38. The molecule has 1 aromatic heterocycles. The molecule has 188 valence electrons. The first-order chi connectivity index (χ1) is 17.2. The van der Waals surface area contributed by atoms with Gasteiger partial charge in [0.25, 0.3) is 0 Å². The highest BCUT2D eigenvalue weighted by Crippen LogP contribution is 2.44. The highest BCUT2D eigenvalue weighted by atomic mass is 16.5. The van der Waals surface area contributed by atoms with Crippen LogP contribution in [0, 0.1) is 0 Å². The maximum Gasteiger partial charge on any atom is 0.162 e. The van der Waals surface area contributed by atoms with Crippen LogP contribution in [0.5, 0.6) is 17.2 Å². The number of aromatic nitrogens is 1. The Labute approximate surface area is 212 Å². The molecule has 0 radical (unpaired) electrons. The van der Waals surface area contributed by atoms with Crippen molar-refractivity contribution in [2.45, 2.75) is 46.2 Å². The number of rotatable bonds is 6. The van der Waals surface area contributed by atoms with E-state index in [1.54, 1.807) is 14.2 Å². The second-order valence-electron chi connectivity index (χ2n) is 9.25. The molecule has 3 heterocycles. The van der Waals surface area contributed by atoms with Gasteiger partial charge in [0, 0.05) is 35.8 Å². The Morgan fingerprint density at radius 1 is 0.944 bits per heavy atom. The summed E-state index contributed by atoms with van der Waals surface area (Å²) in [5.41, 5.74) is 7.30. The van der Waals surface area contributed by atoms with Crippen molar-refractivity contribution in [3.8, 4) is 17.2 Å². The number of hydrogen-bond donors (Lipinski definition) is 1. The molecule has 36 heavy (non-hydrogen) atoms. The molecule has 6 rings (SSSR count). The number of methoxy groups -OCH3 is 2. The van der Waals surface area contributed by atoms with Gasteiger partial charge in [-0.25, -0.2) is 0 Å². The molecule has 0 amide bonds. The predicted octanol–water partition coefficient (Wildman–Crippen LogP) is 5.48. The van der Waals surface area contributed by atoms with Crippen LogP contribution in [0.3, 0.4) is 0 Å². The zero-order valence-electron chi connectivity index (χ0n) is 20.2. The lowest BCUT2D eigenvalue weighted by atomic mass is 9.85. The van der Waals surface area contributed by atoms with Crippen LogP contribution in [0.25, 0.3) is 10.9 Å². The van der Waals surface area contributed by atoms with E-state index in [1.807, 2.05) is 30.3 Å². The van der Waals surface area contributed by atoms with E-state index in [2.05, 4.69) is 39.8 Å². The fourth-order valence-electron chi connectivity index (χ4n) is 5.82. The molecule has 1 atom stereocenters. The second kappa shape index (κ2) is 9.88. The molecule has 6 nitrogen and oxygen atoms in total. The van der Waals surface area contributed by atoms with Crippen LogP contribution in [0.15, 0.2) is 60.7 Å². The van der Waals surface area contributed by atoms with Crippen molar-refractivity contribution in [2.75, 3.05) is 20.8 Å². The van der Waals surface area contributed by atoms with Gasteiger partial charge in [-0.3, -0.25) is 4.90 Å². The molecule has 0 spiro atoms. The average Bonchev–Trinajstić information content (AvgIpc) is 3.22. The lowest BCUT2D eigenvalue weighted by Gasteiger charge is -2.41. The lowest BCUT2D eigenvalue weighted by Crippen LogP contribution is -2.39. The summed E-state index contributed by atoms with van der Waals surface area (Å²) >= 11 is 0. The zero-order valence-corrected chi connectivity index (χ0v) is 20.2. The van der Waals surface area contributed by atoms with Crippen molar-refractivity contribution in [2.24, 2.45) is 0 Å². The molecule has 6 heteroatoms. The monoisotopic (exact) mass is 486 g/mol. The third kappa shape index (κ3) is 3.91. The SMILES string of the molecule is C.COc1ccccc1COc1cc2c(cc1OC)CCN1Cc3c(c4ccccc4n3CO)CC21. The molecule has 1 N–H and O–H groups in total.